The van der Waals surface area contributed by atoms with Gasteiger partial charge in [-0.2, -0.15) is 4.98 Å². The Labute approximate surface area is 147 Å². The Bertz CT molecular complexity index is 749. The quantitative estimate of drug-likeness (QED) is 0.799. The summed E-state index contributed by atoms with van der Waals surface area (Å²) in [5, 5.41) is 6.75. The zero-order valence-electron chi connectivity index (χ0n) is 14.9. The summed E-state index contributed by atoms with van der Waals surface area (Å²) in [6.07, 6.45) is 0.861. The monoisotopic (exact) mass is 371 g/mol. The van der Waals surface area contributed by atoms with E-state index in [9.17, 15) is 13.2 Å². The van der Waals surface area contributed by atoms with Gasteiger partial charge in [-0.1, -0.05) is 12.1 Å². The molecule has 10 heteroatoms. The molecule has 1 aromatic heterocycles. The first-order valence-corrected chi connectivity index (χ1v) is 10.2. The van der Waals surface area contributed by atoms with Crippen molar-refractivity contribution >= 4 is 16.1 Å². The molecular formula is C15H25N5O4S. The topological polar surface area (TPSA) is 109 Å². The van der Waals surface area contributed by atoms with Crippen LogP contribution in [0.1, 0.15) is 32.0 Å². The first kappa shape index (κ1) is 18.1. The lowest BCUT2D eigenvalue weighted by Crippen LogP contribution is -2.44. The molecule has 2 amide bonds. The molecular weight excluding hydrogens is 346 g/mol. The number of aromatic nitrogens is 2. The van der Waals surface area contributed by atoms with Crippen LogP contribution >= 0.6 is 0 Å². The van der Waals surface area contributed by atoms with Gasteiger partial charge in [-0.3, -0.25) is 0 Å². The van der Waals surface area contributed by atoms with E-state index in [4.69, 9.17) is 4.52 Å². The maximum absolute atomic E-state index is 12.4. The van der Waals surface area contributed by atoms with E-state index in [-0.39, 0.29) is 24.2 Å². The van der Waals surface area contributed by atoms with Gasteiger partial charge < -0.3 is 14.7 Å². The summed E-state index contributed by atoms with van der Waals surface area (Å²) in [5.74, 6) is 0.934. The van der Waals surface area contributed by atoms with Gasteiger partial charge in [-0.25, -0.2) is 17.5 Å². The summed E-state index contributed by atoms with van der Waals surface area (Å²) in [5.41, 5.74) is -0.632. The van der Waals surface area contributed by atoms with E-state index in [0.717, 1.165) is 6.42 Å². The summed E-state index contributed by atoms with van der Waals surface area (Å²) >= 11 is 0. The van der Waals surface area contributed by atoms with E-state index >= 15 is 0 Å². The normalized spacial score (nSPS) is 26.8. The molecule has 0 aromatic carbocycles. The van der Waals surface area contributed by atoms with Crippen LogP contribution in [0.2, 0.25) is 0 Å². The number of likely N-dealkylation sites (tertiary alicyclic amines) is 1. The molecule has 3 heterocycles. The van der Waals surface area contributed by atoms with Crippen molar-refractivity contribution < 1.29 is 17.7 Å². The third-order valence-corrected chi connectivity index (χ3v) is 6.90. The van der Waals surface area contributed by atoms with Crippen LogP contribution in [0.15, 0.2) is 4.52 Å². The summed E-state index contributed by atoms with van der Waals surface area (Å²) in [7, 11) is -3.31. The molecule has 0 spiro atoms. The van der Waals surface area contributed by atoms with Crippen LogP contribution in [0.25, 0.3) is 0 Å². The summed E-state index contributed by atoms with van der Waals surface area (Å²) < 4.78 is 31.6. The highest BCUT2D eigenvalue weighted by Crippen LogP contribution is 2.45. The number of carbonyl (C=O) groups is 1. The molecule has 1 N–H and O–H groups in total. The Morgan fingerprint density at radius 2 is 2.12 bits per heavy atom. The maximum atomic E-state index is 12.4. The fourth-order valence-electron chi connectivity index (χ4n) is 3.71. The van der Waals surface area contributed by atoms with Gasteiger partial charge in [-0.15, -0.1) is 0 Å². The van der Waals surface area contributed by atoms with Crippen molar-refractivity contribution in [2.45, 2.75) is 32.6 Å². The summed E-state index contributed by atoms with van der Waals surface area (Å²) in [4.78, 5) is 18.5. The number of urea groups is 1. The molecule has 0 bridgehead atoms. The first-order valence-electron chi connectivity index (χ1n) is 8.63. The fraction of sp³-hybridized carbons (Fsp3) is 0.800. The number of sulfonamides is 1. The van der Waals surface area contributed by atoms with Gasteiger partial charge in [-0.05, 0) is 20.3 Å². The van der Waals surface area contributed by atoms with Crippen molar-refractivity contribution in [3.05, 3.63) is 11.7 Å². The van der Waals surface area contributed by atoms with Crippen molar-refractivity contribution in [3.8, 4) is 0 Å². The first-order chi connectivity index (χ1) is 11.8. The van der Waals surface area contributed by atoms with Crippen LogP contribution in [0.3, 0.4) is 0 Å². The van der Waals surface area contributed by atoms with Gasteiger partial charge >= 0.3 is 6.03 Å². The van der Waals surface area contributed by atoms with Gasteiger partial charge in [0, 0.05) is 38.6 Å². The molecule has 3 rings (SSSR count). The zero-order chi connectivity index (χ0) is 18.2. The molecule has 9 nitrogen and oxygen atoms in total. The predicted molar refractivity (Wildman–Crippen MR) is 90.5 cm³/mol. The third-order valence-electron chi connectivity index (χ3n) is 5.10. The largest absolute Gasteiger partial charge is 0.339 e. The minimum atomic E-state index is -3.31. The number of nitrogens with zero attached hydrogens (tertiary/aromatic N) is 4. The molecule has 25 heavy (non-hydrogen) atoms. The minimum absolute atomic E-state index is 0.0546. The SMILES string of the molecule is CCCNC(=O)N1C[C@H]2CN(S(=O)(=O)CC)C[C@@]2(c2nc(C)no2)C1. The van der Waals surface area contributed by atoms with E-state index in [1.165, 1.54) is 4.31 Å². The van der Waals surface area contributed by atoms with E-state index in [0.29, 0.717) is 37.9 Å². The van der Waals surface area contributed by atoms with Gasteiger partial charge in [0.2, 0.25) is 15.9 Å². The predicted octanol–water partition coefficient (Wildman–Crippen LogP) is 0.333. The van der Waals surface area contributed by atoms with E-state index in [1.54, 1.807) is 18.7 Å². The Morgan fingerprint density at radius 3 is 2.72 bits per heavy atom. The Balaban J connectivity index is 1.89. The summed E-state index contributed by atoms with van der Waals surface area (Å²) in [6, 6.07) is -0.128. The number of nitrogens with one attached hydrogen (secondary N) is 1. The second-order valence-electron chi connectivity index (χ2n) is 6.81. The van der Waals surface area contributed by atoms with E-state index in [1.807, 2.05) is 6.92 Å². The lowest BCUT2D eigenvalue weighted by molar-refractivity contribution is 0.199. The standard InChI is InChI=1S/C15H25N5O4S/c1-4-6-16-14(21)19-7-12-8-20(25(22,23)5-2)10-15(12,9-19)13-17-11(3)18-24-13/h12H,4-10H2,1-3H3,(H,16,21)/t12-,15-/m0/s1. The number of rotatable bonds is 5. The van der Waals surface area contributed by atoms with Crippen molar-refractivity contribution in [1.82, 2.24) is 24.7 Å². The number of aryl methyl sites for hydroxylation is 1. The van der Waals surface area contributed by atoms with Gasteiger partial charge in [0.15, 0.2) is 5.82 Å². The lowest BCUT2D eigenvalue weighted by Gasteiger charge is -2.25. The van der Waals surface area contributed by atoms with Crippen LogP contribution < -0.4 is 5.32 Å². The smallest absolute Gasteiger partial charge is 0.317 e. The molecule has 2 atom stereocenters. The number of carbonyl (C=O) groups excluding carboxylic acids is 1. The molecule has 0 saturated carbocycles. The van der Waals surface area contributed by atoms with Crippen LogP contribution in [-0.4, -0.2) is 72.3 Å². The zero-order valence-corrected chi connectivity index (χ0v) is 15.7. The van der Waals surface area contributed by atoms with Gasteiger partial charge in [0.25, 0.3) is 0 Å². The second-order valence-corrected chi connectivity index (χ2v) is 9.06. The Kier molecular flexibility index (Phi) is 4.76. The Hall–Kier alpha value is -1.68. The third kappa shape index (κ3) is 3.12. The number of amides is 2. The molecule has 2 aliphatic rings. The molecule has 2 saturated heterocycles. The number of hydrogen-bond acceptors (Lipinski definition) is 6. The molecule has 0 radical (unpaired) electrons. The molecule has 0 unspecified atom stereocenters. The van der Waals surface area contributed by atoms with Crippen LogP contribution in [0, 0.1) is 12.8 Å². The number of hydrogen-bond donors (Lipinski definition) is 1. The minimum Gasteiger partial charge on any atom is -0.339 e. The molecule has 140 valence electrons. The van der Waals surface area contributed by atoms with Crippen molar-refractivity contribution in [1.29, 1.82) is 0 Å². The fourth-order valence-corrected chi connectivity index (χ4v) is 4.91. The average molecular weight is 371 g/mol. The van der Waals surface area contributed by atoms with E-state index < -0.39 is 15.4 Å². The van der Waals surface area contributed by atoms with Crippen molar-refractivity contribution in [2.75, 3.05) is 38.5 Å². The van der Waals surface area contributed by atoms with Crippen molar-refractivity contribution in [3.63, 3.8) is 0 Å². The number of fused-ring (bicyclic) bond motifs is 1. The lowest BCUT2D eigenvalue weighted by atomic mass is 9.81. The maximum Gasteiger partial charge on any atom is 0.317 e. The highest BCUT2D eigenvalue weighted by atomic mass is 32.2. The van der Waals surface area contributed by atoms with Gasteiger partial charge in [0.05, 0.1) is 11.2 Å². The molecule has 2 aliphatic heterocycles. The highest BCUT2D eigenvalue weighted by Gasteiger charge is 2.59. The van der Waals surface area contributed by atoms with Crippen molar-refractivity contribution in [2.24, 2.45) is 5.92 Å². The highest BCUT2D eigenvalue weighted by molar-refractivity contribution is 7.89. The summed E-state index contributed by atoms with van der Waals surface area (Å²) in [6.45, 7) is 7.48. The molecule has 0 aliphatic carbocycles. The Morgan fingerprint density at radius 1 is 1.36 bits per heavy atom. The van der Waals surface area contributed by atoms with Crippen LogP contribution in [0.5, 0.6) is 0 Å². The van der Waals surface area contributed by atoms with Crippen LogP contribution in [-0.2, 0) is 15.4 Å². The molecule has 2 fully saturated rings. The van der Waals surface area contributed by atoms with Crippen LogP contribution in [0.4, 0.5) is 4.79 Å². The van der Waals surface area contributed by atoms with E-state index in [2.05, 4.69) is 15.5 Å². The average Bonchev–Trinajstić information content (AvgIpc) is 3.24. The van der Waals surface area contributed by atoms with Gasteiger partial charge in [0.1, 0.15) is 0 Å². The second kappa shape index (κ2) is 6.56. The molecule has 1 aromatic rings.